The van der Waals surface area contributed by atoms with Crippen molar-refractivity contribution in [3.05, 3.63) is 40.3 Å². The van der Waals surface area contributed by atoms with Crippen molar-refractivity contribution in [3.8, 4) is 0 Å². The van der Waals surface area contributed by atoms with Gasteiger partial charge in [0.2, 0.25) is 5.95 Å². The number of thiazole rings is 1. The Kier molecular flexibility index (Phi) is 3.90. The van der Waals surface area contributed by atoms with Crippen LogP contribution >= 0.6 is 11.3 Å². The predicted octanol–water partition coefficient (Wildman–Crippen LogP) is 2.64. The fraction of sp³-hybridized carbons (Fsp3) is 0.333. The van der Waals surface area contributed by atoms with Crippen molar-refractivity contribution in [2.24, 2.45) is 0 Å². The summed E-state index contributed by atoms with van der Waals surface area (Å²) in [5.74, 6) is 0.768. The minimum absolute atomic E-state index is 0.416. The van der Waals surface area contributed by atoms with Crippen LogP contribution in [0.1, 0.15) is 17.6 Å². The Balaban J connectivity index is 1.98. The van der Waals surface area contributed by atoms with E-state index in [2.05, 4.69) is 31.3 Å². The van der Waals surface area contributed by atoms with Crippen LogP contribution < -0.4 is 5.32 Å². The molecule has 2 N–H and O–H groups in total. The molecule has 5 nitrogen and oxygen atoms in total. The molecule has 0 radical (unpaired) electrons. The van der Waals surface area contributed by atoms with Gasteiger partial charge in [-0.15, -0.1) is 11.3 Å². The molecule has 1 aromatic carbocycles. The minimum atomic E-state index is -0.416. The summed E-state index contributed by atoms with van der Waals surface area (Å²) in [6.45, 7) is 4.91. The van der Waals surface area contributed by atoms with E-state index in [1.807, 2.05) is 25.1 Å². The molecule has 0 aliphatic carbocycles. The summed E-state index contributed by atoms with van der Waals surface area (Å²) in [7, 11) is 0. The fourth-order valence-corrected chi connectivity index (χ4v) is 2.98. The summed E-state index contributed by atoms with van der Waals surface area (Å²) in [5, 5.41) is 15.8. The van der Waals surface area contributed by atoms with Gasteiger partial charge in [0.25, 0.3) is 0 Å². The van der Waals surface area contributed by atoms with Gasteiger partial charge in [-0.05, 0) is 26.0 Å². The van der Waals surface area contributed by atoms with Crippen LogP contribution in [-0.4, -0.2) is 32.3 Å². The Morgan fingerprint density at radius 3 is 2.86 bits per heavy atom. The first-order valence-electron chi connectivity index (χ1n) is 6.91. The van der Waals surface area contributed by atoms with Crippen LogP contribution in [0.3, 0.4) is 0 Å². The van der Waals surface area contributed by atoms with Crippen molar-refractivity contribution in [1.82, 2.24) is 14.5 Å². The molecule has 110 valence electrons. The van der Waals surface area contributed by atoms with Gasteiger partial charge in [-0.1, -0.05) is 12.1 Å². The largest absolute Gasteiger partial charge is 0.392 e. The van der Waals surface area contributed by atoms with E-state index in [1.54, 1.807) is 18.3 Å². The lowest BCUT2D eigenvalue weighted by atomic mass is 10.3. The Bertz CT molecular complexity index is 747. The molecule has 0 saturated heterocycles. The molecule has 6 heteroatoms. The van der Waals surface area contributed by atoms with Crippen molar-refractivity contribution in [2.75, 3.05) is 11.9 Å². The van der Waals surface area contributed by atoms with Crippen LogP contribution in [0.25, 0.3) is 11.0 Å². The van der Waals surface area contributed by atoms with Gasteiger partial charge in [-0.3, -0.25) is 0 Å². The number of benzene rings is 1. The maximum Gasteiger partial charge on any atom is 0.204 e. The number of hydrogen-bond acceptors (Lipinski definition) is 5. The number of nitrogens with zero attached hydrogens (tertiary/aromatic N) is 3. The van der Waals surface area contributed by atoms with Crippen molar-refractivity contribution >= 4 is 28.3 Å². The minimum Gasteiger partial charge on any atom is -0.392 e. The molecule has 1 atom stereocenters. The fourth-order valence-electron chi connectivity index (χ4n) is 2.22. The highest BCUT2D eigenvalue weighted by atomic mass is 32.1. The van der Waals surface area contributed by atoms with Crippen LogP contribution in [0.4, 0.5) is 5.95 Å². The first-order valence-corrected chi connectivity index (χ1v) is 7.79. The maximum atomic E-state index is 9.46. The SMILES string of the molecule is Cc1csc(Cn2c(NCC(C)O)nc3ccccc32)n1. The lowest BCUT2D eigenvalue weighted by Gasteiger charge is -2.10. The van der Waals surface area contributed by atoms with Crippen molar-refractivity contribution in [1.29, 1.82) is 0 Å². The number of aliphatic hydroxyl groups excluding tert-OH is 1. The quantitative estimate of drug-likeness (QED) is 0.760. The molecular weight excluding hydrogens is 284 g/mol. The van der Waals surface area contributed by atoms with Gasteiger partial charge in [0.1, 0.15) is 5.01 Å². The summed E-state index contributed by atoms with van der Waals surface area (Å²) in [5.41, 5.74) is 3.05. The van der Waals surface area contributed by atoms with Gasteiger partial charge in [0.15, 0.2) is 0 Å². The number of rotatable bonds is 5. The molecule has 0 saturated carbocycles. The average molecular weight is 302 g/mol. The van der Waals surface area contributed by atoms with Crippen LogP contribution in [-0.2, 0) is 6.54 Å². The monoisotopic (exact) mass is 302 g/mol. The number of imidazole rings is 1. The maximum absolute atomic E-state index is 9.46. The zero-order valence-electron chi connectivity index (χ0n) is 12.1. The van der Waals surface area contributed by atoms with Gasteiger partial charge in [0, 0.05) is 17.6 Å². The number of anilines is 1. The van der Waals surface area contributed by atoms with Crippen LogP contribution in [0.5, 0.6) is 0 Å². The van der Waals surface area contributed by atoms with Gasteiger partial charge < -0.3 is 15.0 Å². The molecule has 0 spiro atoms. The van der Waals surface area contributed by atoms with Crippen LogP contribution in [0.2, 0.25) is 0 Å². The Labute approximate surface area is 127 Å². The molecular formula is C15H18N4OS. The lowest BCUT2D eigenvalue weighted by Crippen LogP contribution is -2.18. The molecule has 3 aromatic rings. The smallest absolute Gasteiger partial charge is 0.204 e. The van der Waals surface area contributed by atoms with Crippen molar-refractivity contribution in [2.45, 2.75) is 26.5 Å². The van der Waals surface area contributed by atoms with Crippen LogP contribution in [0, 0.1) is 6.92 Å². The third kappa shape index (κ3) is 3.06. The van der Waals surface area contributed by atoms with E-state index in [4.69, 9.17) is 0 Å². The second-order valence-electron chi connectivity index (χ2n) is 5.12. The Morgan fingerprint density at radius 1 is 1.33 bits per heavy atom. The number of fused-ring (bicyclic) bond motifs is 1. The summed E-state index contributed by atoms with van der Waals surface area (Å²) in [4.78, 5) is 9.13. The second-order valence-corrected chi connectivity index (χ2v) is 6.07. The first kappa shape index (κ1) is 14.0. The summed E-state index contributed by atoms with van der Waals surface area (Å²) >= 11 is 1.65. The van der Waals surface area contributed by atoms with Gasteiger partial charge >= 0.3 is 0 Å². The molecule has 21 heavy (non-hydrogen) atoms. The zero-order valence-corrected chi connectivity index (χ0v) is 12.9. The molecule has 0 amide bonds. The van der Waals surface area contributed by atoms with Gasteiger partial charge in [-0.2, -0.15) is 0 Å². The van der Waals surface area contributed by atoms with E-state index in [0.717, 1.165) is 27.7 Å². The van der Waals surface area contributed by atoms with Crippen molar-refractivity contribution in [3.63, 3.8) is 0 Å². The molecule has 0 fully saturated rings. The number of para-hydroxylation sites is 2. The Morgan fingerprint density at radius 2 is 2.14 bits per heavy atom. The number of aryl methyl sites for hydroxylation is 1. The lowest BCUT2D eigenvalue weighted by molar-refractivity contribution is 0.208. The summed E-state index contributed by atoms with van der Waals surface area (Å²) in [6.07, 6.45) is -0.416. The third-order valence-electron chi connectivity index (χ3n) is 3.17. The highest BCUT2D eigenvalue weighted by molar-refractivity contribution is 7.09. The van der Waals surface area contributed by atoms with E-state index in [0.29, 0.717) is 13.1 Å². The number of aliphatic hydroxyl groups is 1. The molecule has 3 rings (SSSR count). The van der Waals surface area contributed by atoms with E-state index >= 15 is 0 Å². The molecule has 0 bridgehead atoms. The summed E-state index contributed by atoms with van der Waals surface area (Å²) in [6, 6.07) is 8.03. The topological polar surface area (TPSA) is 63.0 Å². The highest BCUT2D eigenvalue weighted by Crippen LogP contribution is 2.22. The third-order valence-corrected chi connectivity index (χ3v) is 4.12. The number of nitrogens with one attached hydrogen (secondary N) is 1. The van der Waals surface area contributed by atoms with Gasteiger partial charge in [0.05, 0.1) is 23.7 Å². The standard InChI is InChI=1S/C15H18N4OS/c1-10-9-21-14(17-10)8-19-13-6-4-3-5-12(13)18-15(19)16-7-11(2)20/h3-6,9,11,20H,7-8H2,1-2H3,(H,16,18). The molecule has 0 aliphatic heterocycles. The molecule has 2 heterocycles. The van der Waals surface area contributed by atoms with E-state index in [1.165, 1.54) is 0 Å². The predicted molar refractivity (Wildman–Crippen MR) is 85.9 cm³/mol. The zero-order chi connectivity index (χ0) is 14.8. The molecule has 2 aromatic heterocycles. The average Bonchev–Trinajstić information content (AvgIpc) is 3.01. The summed E-state index contributed by atoms with van der Waals surface area (Å²) < 4.78 is 2.11. The van der Waals surface area contributed by atoms with E-state index in [9.17, 15) is 5.11 Å². The molecule has 0 aliphatic rings. The normalized spacial score (nSPS) is 12.7. The van der Waals surface area contributed by atoms with Crippen LogP contribution in [0.15, 0.2) is 29.6 Å². The van der Waals surface area contributed by atoms with E-state index < -0.39 is 6.10 Å². The van der Waals surface area contributed by atoms with Crippen molar-refractivity contribution < 1.29 is 5.11 Å². The number of hydrogen-bond donors (Lipinski definition) is 2. The highest BCUT2D eigenvalue weighted by Gasteiger charge is 2.12. The molecule has 1 unspecified atom stereocenters. The Hall–Kier alpha value is -1.92. The van der Waals surface area contributed by atoms with E-state index in [-0.39, 0.29) is 0 Å². The number of aromatic nitrogens is 3. The second kappa shape index (κ2) is 5.83. The first-order chi connectivity index (χ1) is 10.1. The van der Waals surface area contributed by atoms with Gasteiger partial charge in [-0.25, -0.2) is 9.97 Å².